The number of nitrogens with two attached hydrogens (primary N) is 1. The van der Waals surface area contributed by atoms with Gasteiger partial charge < -0.3 is 20.5 Å². The van der Waals surface area contributed by atoms with Crippen molar-refractivity contribution in [3.8, 4) is 11.8 Å². The van der Waals surface area contributed by atoms with Gasteiger partial charge in [-0.15, -0.1) is 0 Å². The Labute approximate surface area is 116 Å². The first-order valence-corrected chi connectivity index (χ1v) is 6.20. The van der Waals surface area contributed by atoms with Crippen LogP contribution in [0.3, 0.4) is 0 Å². The fraction of sp³-hybridized carbons (Fsp3) is 0.417. The van der Waals surface area contributed by atoms with Crippen LogP contribution in [0.25, 0.3) is 0 Å². The molecule has 3 N–H and O–H groups in total. The standard InChI is InChI=1S/C12H18N6O2/c1-19-10-6-11(20-2)17-12(16-10)14-4-3-5-18-8-9(13)7-15-18/h6-8H,3-5,13H2,1-2H3,(H,14,16,17). The Hall–Kier alpha value is -2.51. The van der Waals surface area contributed by atoms with Gasteiger partial charge in [-0.1, -0.05) is 0 Å². The largest absolute Gasteiger partial charge is 0.481 e. The van der Waals surface area contributed by atoms with Gasteiger partial charge in [0.25, 0.3) is 0 Å². The van der Waals surface area contributed by atoms with Crippen LogP contribution in [-0.2, 0) is 6.54 Å². The molecule has 2 heterocycles. The Bertz CT molecular complexity index is 534. The number of anilines is 2. The fourth-order valence-electron chi connectivity index (χ4n) is 1.64. The second-order valence-corrected chi connectivity index (χ2v) is 4.09. The van der Waals surface area contributed by atoms with Gasteiger partial charge in [0.15, 0.2) is 0 Å². The minimum atomic E-state index is 0.458. The Balaban J connectivity index is 1.84. The molecule has 0 bridgehead atoms. The summed E-state index contributed by atoms with van der Waals surface area (Å²) < 4.78 is 11.9. The van der Waals surface area contributed by atoms with Crippen molar-refractivity contribution in [3.05, 3.63) is 18.5 Å². The molecule has 0 fully saturated rings. The molecule has 0 saturated heterocycles. The van der Waals surface area contributed by atoms with E-state index in [1.165, 1.54) is 0 Å². The molecule has 2 aromatic rings. The van der Waals surface area contributed by atoms with E-state index in [9.17, 15) is 0 Å². The molecule has 0 aliphatic heterocycles. The van der Waals surface area contributed by atoms with E-state index in [2.05, 4.69) is 20.4 Å². The zero-order chi connectivity index (χ0) is 14.4. The monoisotopic (exact) mass is 278 g/mol. The summed E-state index contributed by atoms with van der Waals surface area (Å²) >= 11 is 0. The number of nitrogens with one attached hydrogen (secondary N) is 1. The maximum absolute atomic E-state index is 5.59. The normalized spacial score (nSPS) is 10.3. The molecule has 0 aliphatic rings. The van der Waals surface area contributed by atoms with E-state index in [-0.39, 0.29) is 0 Å². The summed E-state index contributed by atoms with van der Waals surface area (Å²) in [6.07, 6.45) is 4.29. The second-order valence-electron chi connectivity index (χ2n) is 4.09. The maximum Gasteiger partial charge on any atom is 0.229 e. The van der Waals surface area contributed by atoms with Crippen molar-refractivity contribution >= 4 is 11.6 Å². The summed E-state index contributed by atoms with van der Waals surface area (Å²) in [5.74, 6) is 1.39. The van der Waals surface area contributed by atoms with E-state index in [1.807, 2.05) is 0 Å². The van der Waals surface area contributed by atoms with Gasteiger partial charge in [-0.25, -0.2) is 0 Å². The minimum absolute atomic E-state index is 0.458. The molecule has 8 nitrogen and oxygen atoms in total. The quantitative estimate of drug-likeness (QED) is 0.721. The average Bonchev–Trinajstić information content (AvgIpc) is 2.88. The summed E-state index contributed by atoms with van der Waals surface area (Å²) in [4.78, 5) is 8.36. The highest BCUT2D eigenvalue weighted by Gasteiger charge is 2.04. The molecular weight excluding hydrogens is 260 g/mol. The lowest BCUT2D eigenvalue weighted by Crippen LogP contribution is -2.10. The van der Waals surface area contributed by atoms with Crippen molar-refractivity contribution in [3.63, 3.8) is 0 Å². The van der Waals surface area contributed by atoms with Crippen LogP contribution in [0, 0.1) is 0 Å². The van der Waals surface area contributed by atoms with Gasteiger partial charge >= 0.3 is 0 Å². The van der Waals surface area contributed by atoms with Crippen LogP contribution < -0.4 is 20.5 Å². The molecule has 0 spiro atoms. The van der Waals surface area contributed by atoms with E-state index in [0.29, 0.717) is 29.9 Å². The molecule has 0 aliphatic carbocycles. The SMILES string of the molecule is COc1cc(OC)nc(NCCCn2cc(N)cn2)n1. The van der Waals surface area contributed by atoms with Crippen LogP contribution in [0.2, 0.25) is 0 Å². The summed E-state index contributed by atoms with van der Waals surface area (Å²) in [7, 11) is 3.10. The number of hydrogen-bond donors (Lipinski definition) is 2. The lowest BCUT2D eigenvalue weighted by molar-refractivity contribution is 0.372. The molecule has 0 atom stereocenters. The number of nitrogens with zero attached hydrogens (tertiary/aromatic N) is 4. The van der Waals surface area contributed by atoms with Crippen molar-refractivity contribution in [1.82, 2.24) is 19.7 Å². The first kappa shape index (κ1) is 13.9. The Morgan fingerprint density at radius 1 is 1.25 bits per heavy atom. The molecule has 8 heteroatoms. The topological polar surface area (TPSA) is 100 Å². The Morgan fingerprint density at radius 2 is 1.95 bits per heavy atom. The van der Waals surface area contributed by atoms with Crippen molar-refractivity contribution in [1.29, 1.82) is 0 Å². The first-order valence-electron chi connectivity index (χ1n) is 6.20. The van der Waals surface area contributed by atoms with Gasteiger partial charge in [-0.3, -0.25) is 4.68 Å². The molecule has 0 radical (unpaired) electrons. The molecule has 0 amide bonds. The second kappa shape index (κ2) is 6.60. The highest BCUT2D eigenvalue weighted by Crippen LogP contribution is 2.17. The van der Waals surface area contributed by atoms with E-state index in [1.54, 1.807) is 37.4 Å². The van der Waals surface area contributed by atoms with E-state index < -0.39 is 0 Å². The van der Waals surface area contributed by atoms with E-state index in [0.717, 1.165) is 13.0 Å². The van der Waals surface area contributed by atoms with Gasteiger partial charge in [-0.2, -0.15) is 15.1 Å². The van der Waals surface area contributed by atoms with Crippen LogP contribution in [0.1, 0.15) is 6.42 Å². The predicted molar refractivity (Wildman–Crippen MR) is 74.9 cm³/mol. The third kappa shape index (κ3) is 3.74. The number of methoxy groups -OCH3 is 2. The van der Waals surface area contributed by atoms with Crippen molar-refractivity contribution in [2.24, 2.45) is 0 Å². The van der Waals surface area contributed by atoms with E-state index in [4.69, 9.17) is 15.2 Å². The number of hydrogen-bond acceptors (Lipinski definition) is 7. The average molecular weight is 278 g/mol. The summed E-state index contributed by atoms with van der Waals surface area (Å²) in [6, 6.07) is 1.62. The smallest absolute Gasteiger partial charge is 0.229 e. The maximum atomic E-state index is 5.59. The van der Waals surface area contributed by atoms with Crippen LogP contribution in [-0.4, -0.2) is 40.5 Å². The highest BCUT2D eigenvalue weighted by atomic mass is 16.5. The minimum Gasteiger partial charge on any atom is -0.481 e. The van der Waals surface area contributed by atoms with Gasteiger partial charge in [0.2, 0.25) is 17.7 Å². The number of rotatable bonds is 7. The molecule has 0 saturated carbocycles. The van der Waals surface area contributed by atoms with Gasteiger partial charge in [0.05, 0.1) is 32.2 Å². The third-order valence-corrected chi connectivity index (χ3v) is 2.60. The van der Waals surface area contributed by atoms with Gasteiger partial charge in [-0.05, 0) is 6.42 Å². The molecule has 0 aromatic carbocycles. The zero-order valence-electron chi connectivity index (χ0n) is 11.5. The first-order chi connectivity index (χ1) is 9.71. The Morgan fingerprint density at radius 3 is 2.50 bits per heavy atom. The lowest BCUT2D eigenvalue weighted by Gasteiger charge is -2.08. The van der Waals surface area contributed by atoms with Crippen molar-refractivity contribution in [2.45, 2.75) is 13.0 Å². The zero-order valence-corrected chi connectivity index (χ0v) is 11.5. The number of nitrogen functional groups attached to an aromatic ring is 1. The van der Waals surface area contributed by atoms with Crippen LogP contribution in [0.15, 0.2) is 18.5 Å². The molecule has 20 heavy (non-hydrogen) atoms. The Kier molecular flexibility index (Phi) is 4.59. The van der Waals surface area contributed by atoms with Crippen molar-refractivity contribution in [2.75, 3.05) is 31.8 Å². The van der Waals surface area contributed by atoms with Crippen molar-refractivity contribution < 1.29 is 9.47 Å². The van der Waals surface area contributed by atoms with Crippen LogP contribution >= 0.6 is 0 Å². The van der Waals surface area contributed by atoms with Crippen LogP contribution in [0.4, 0.5) is 11.6 Å². The molecule has 2 aromatic heterocycles. The summed E-state index contributed by atoms with van der Waals surface area (Å²) in [6.45, 7) is 1.47. The number of aromatic nitrogens is 4. The fourth-order valence-corrected chi connectivity index (χ4v) is 1.64. The molecule has 0 unspecified atom stereocenters. The molecule has 2 rings (SSSR count). The van der Waals surface area contributed by atoms with E-state index >= 15 is 0 Å². The summed E-state index contributed by atoms with van der Waals surface area (Å²) in [5, 5.41) is 7.22. The van der Waals surface area contributed by atoms with Gasteiger partial charge in [0, 0.05) is 19.3 Å². The van der Waals surface area contributed by atoms with Crippen LogP contribution in [0.5, 0.6) is 11.8 Å². The molecular formula is C12H18N6O2. The third-order valence-electron chi connectivity index (χ3n) is 2.60. The molecule has 108 valence electrons. The lowest BCUT2D eigenvalue weighted by atomic mass is 10.4. The number of ether oxygens (including phenoxy) is 2. The predicted octanol–water partition coefficient (Wildman–Crippen LogP) is 0.775. The highest BCUT2D eigenvalue weighted by molar-refractivity contribution is 5.33. The van der Waals surface area contributed by atoms with Gasteiger partial charge in [0.1, 0.15) is 0 Å². The number of aryl methyl sites for hydroxylation is 1. The summed E-state index contributed by atoms with van der Waals surface area (Å²) in [5.41, 5.74) is 6.26.